The first-order valence-electron chi connectivity index (χ1n) is 11.5. The van der Waals surface area contributed by atoms with Crippen molar-refractivity contribution in [3.63, 3.8) is 0 Å². The summed E-state index contributed by atoms with van der Waals surface area (Å²) in [6.45, 7) is 3.74. The number of hydrogen-bond donors (Lipinski definition) is 3. The molecule has 0 radical (unpaired) electrons. The van der Waals surface area contributed by atoms with E-state index in [1.807, 2.05) is 0 Å². The second-order valence-corrected chi connectivity index (χ2v) is 9.42. The first-order chi connectivity index (χ1) is 16.5. The first-order valence-corrected chi connectivity index (χ1v) is 11.5. The molecule has 1 heterocycles. The molecule has 0 spiro atoms. The second kappa shape index (κ2) is 10.4. The van der Waals surface area contributed by atoms with Crippen molar-refractivity contribution in [1.29, 1.82) is 0 Å². The van der Waals surface area contributed by atoms with Gasteiger partial charge in [0, 0.05) is 6.54 Å². The maximum Gasteiger partial charge on any atom is 0.305 e. The van der Waals surface area contributed by atoms with Crippen LogP contribution in [0.5, 0.6) is 5.75 Å². The Morgan fingerprint density at radius 3 is 2.57 bits per heavy atom. The highest BCUT2D eigenvalue weighted by Crippen LogP contribution is 2.47. The highest BCUT2D eigenvalue weighted by atomic mass is 19.1. The van der Waals surface area contributed by atoms with Crippen molar-refractivity contribution < 1.29 is 38.2 Å². The number of carboxylic acids is 1. The number of carbonyl (C=O) groups is 5. The van der Waals surface area contributed by atoms with Crippen LogP contribution in [-0.2, 0) is 19.2 Å². The zero-order chi connectivity index (χ0) is 25.9. The third kappa shape index (κ3) is 5.13. The second-order valence-electron chi connectivity index (χ2n) is 9.42. The Bertz CT molecular complexity index is 1030. The molecule has 3 amide bonds. The van der Waals surface area contributed by atoms with Gasteiger partial charge in [-0.15, -0.1) is 0 Å². The number of halogens is 1. The third-order valence-electron chi connectivity index (χ3n) is 6.76. The summed E-state index contributed by atoms with van der Waals surface area (Å²) in [5, 5.41) is 14.0. The van der Waals surface area contributed by atoms with E-state index in [0.29, 0.717) is 32.1 Å². The van der Waals surface area contributed by atoms with Crippen LogP contribution in [0.15, 0.2) is 18.2 Å². The van der Waals surface area contributed by atoms with E-state index in [0.717, 1.165) is 0 Å². The molecule has 4 atom stereocenters. The van der Waals surface area contributed by atoms with Gasteiger partial charge in [-0.1, -0.05) is 19.9 Å². The van der Waals surface area contributed by atoms with Gasteiger partial charge in [-0.05, 0) is 43.2 Å². The Hall–Kier alpha value is -3.50. The van der Waals surface area contributed by atoms with Gasteiger partial charge in [0.2, 0.25) is 11.8 Å². The maximum atomic E-state index is 14.6. The van der Waals surface area contributed by atoms with E-state index in [1.165, 1.54) is 30.2 Å². The minimum Gasteiger partial charge on any atom is -0.494 e. The number of amides is 3. The molecule has 1 saturated carbocycles. The minimum atomic E-state index is -1.24. The topological polar surface area (TPSA) is 142 Å². The molecular weight excluding hydrogens is 461 g/mol. The quantitative estimate of drug-likeness (QED) is 0.417. The molecule has 190 valence electrons. The number of hydrogen-bond acceptors (Lipinski definition) is 6. The fourth-order valence-corrected chi connectivity index (χ4v) is 4.96. The van der Waals surface area contributed by atoms with Crippen LogP contribution < -0.4 is 15.4 Å². The van der Waals surface area contributed by atoms with Crippen LogP contribution >= 0.6 is 0 Å². The molecule has 1 aromatic rings. The van der Waals surface area contributed by atoms with Gasteiger partial charge in [0.15, 0.2) is 11.6 Å². The monoisotopic (exact) mass is 491 g/mol. The van der Waals surface area contributed by atoms with Gasteiger partial charge in [-0.25, -0.2) is 4.39 Å². The number of aldehydes is 1. The Kier molecular flexibility index (Phi) is 7.76. The van der Waals surface area contributed by atoms with Crippen molar-refractivity contribution >= 4 is 30.0 Å². The number of aliphatic carboxylic acids is 1. The number of carbonyl (C=O) groups excluding carboxylic acids is 4. The molecule has 10 nitrogen and oxygen atoms in total. The minimum absolute atomic E-state index is 0.0678. The lowest BCUT2D eigenvalue weighted by molar-refractivity contribution is -0.149. The van der Waals surface area contributed by atoms with E-state index in [9.17, 15) is 28.4 Å². The fraction of sp³-hybridized carbons (Fsp3) is 0.542. The standard InChI is InChI=1S/C24H30FN3O7/c1-13(2)20(27-21(32)16-5-4-6-17(35-3)19(16)25)22(33)28-11-14-7-8-24(28,10-14)23(34)26-15(12-29)9-18(30)31/h4-6,12-15,20H,7-11H2,1-3H3,(H,26,34)(H,27,32)(H,30,31)/t14-,15+,20+,24+/m1/s1. The van der Waals surface area contributed by atoms with Crippen molar-refractivity contribution in [3.05, 3.63) is 29.6 Å². The summed E-state index contributed by atoms with van der Waals surface area (Å²) < 4.78 is 19.5. The van der Waals surface area contributed by atoms with Crippen molar-refractivity contribution in [1.82, 2.24) is 15.5 Å². The number of nitrogens with zero attached hydrogens (tertiary/aromatic N) is 1. The summed E-state index contributed by atoms with van der Waals surface area (Å²) >= 11 is 0. The summed E-state index contributed by atoms with van der Waals surface area (Å²) in [5.74, 6) is -4.38. The van der Waals surface area contributed by atoms with E-state index in [4.69, 9.17) is 9.84 Å². The molecular formula is C24H30FN3O7. The molecule has 3 N–H and O–H groups in total. The van der Waals surface area contributed by atoms with Crippen LogP contribution in [0.1, 0.15) is 49.9 Å². The van der Waals surface area contributed by atoms with Gasteiger partial charge in [0.25, 0.3) is 5.91 Å². The number of fused-ring (bicyclic) bond motifs is 2. The fourth-order valence-electron chi connectivity index (χ4n) is 4.96. The van der Waals surface area contributed by atoms with Crippen LogP contribution in [0.3, 0.4) is 0 Å². The Morgan fingerprint density at radius 1 is 1.29 bits per heavy atom. The molecule has 1 aliphatic carbocycles. The molecule has 1 aliphatic heterocycles. The van der Waals surface area contributed by atoms with Crippen molar-refractivity contribution in [2.45, 2.75) is 57.2 Å². The summed E-state index contributed by atoms with van der Waals surface area (Å²) in [4.78, 5) is 63.5. The molecule has 0 unspecified atom stereocenters. The lowest BCUT2D eigenvalue weighted by atomic mass is 9.92. The number of carboxylic acid groups (broad SMARTS) is 1. The first kappa shape index (κ1) is 26.1. The molecule has 1 saturated heterocycles. The number of methoxy groups -OCH3 is 1. The average Bonchev–Trinajstić information content (AvgIpc) is 3.41. The normalized spacial score (nSPS) is 22.4. The van der Waals surface area contributed by atoms with Crippen molar-refractivity contribution in [3.8, 4) is 5.75 Å². The molecule has 2 bridgehead atoms. The smallest absolute Gasteiger partial charge is 0.305 e. The number of rotatable bonds is 10. The zero-order valence-electron chi connectivity index (χ0n) is 19.9. The average molecular weight is 492 g/mol. The number of benzene rings is 1. The van der Waals surface area contributed by atoms with Gasteiger partial charge in [0.05, 0.1) is 25.1 Å². The third-order valence-corrected chi connectivity index (χ3v) is 6.76. The van der Waals surface area contributed by atoms with Crippen LogP contribution in [0.4, 0.5) is 4.39 Å². The lowest BCUT2D eigenvalue weighted by Gasteiger charge is -2.40. The highest BCUT2D eigenvalue weighted by Gasteiger charge is 2.58. The Labute approximate surface area is 202 Å². The molecule has 11 heteroatoms. The van der Waals surface area contributed by atoms with Crippen LogP contribution in [0.2, 0.25) is 0 Å². The maximum absolute atomic E-state index is 14.6. The van der Waals surface area contributed by atoms with Gasteiger partial charge in [-0.2, -0.15) is 0 Å². The summed E-state index contributed by atoms with van der Waals surface area (Å²) in [7, 11) is 1.28. The molecule has 35 heavy (non-hydrogen) atoms. The molecule has 3 rings (SSSR count). The van der Waals surface area contributed by atoms with E-state index in [1.54, 1.807) is 13.8 Å². The van der Waals surface area contributed by atoms with Gasteiger partial charge in [0.1, 0.15) is 17.9 Å². The Morgan fingerprint density at radius 2 is 2.00 bits per heavy atom. The number of ether oxygens (including phenoxy) is 1. The van der Waals surface area contributed by atoms with Crippen LogP contribution in [-0.4, -0.2) is 71.3 Å². The number of likely N-dealkylation sites (tertiary alicyclic amines) is 1. The van der Waals surface area contributed by atoms with Gasteiger partial charge in [-0.3, -0.25) is 19.2 Å². The highest BCUT2D eigenvalue weighted by molar-refractivity contribution is 6.00. The summed E-state index contributed by atoms with van der Waals surface area (Å²) in [5.41, 5.74) is -1.51. The van der Waals surface area contributed by atoms with Gasteiger partial charge >= 0.3 is 5.97 Å². The van der Waals surface area contributed by atoms with Gasteiger partial charge < -0.3 is 30.2 Å². The van der Waals surface area contributed by atoms with E-state index >= 15 is 0 Å². The van der Waals surface area contributed by atoms with Crippen molar-refractivity contribution in [2.24, 2.45) is 11.8 Å². The SMILES string of the molecule is COc1cccc(C(=O)N[C@H](C(=O)N2C[C@@H]3CC[C@@]2(C(=O)N[C@H](C=O)CC(=O)O)C3)C(C)C)c1F. The van der Waals surface area contributed by atoms with E-state index in [2.05, 4.69) is 10.6 Å². The summed E-state index contributed by atoms with van der Waals surface area (Å²) in [6, 6.07) is 1.85. The molecule has 2 fully saturated rings. The molecule has 1 aromatic carbocycles. The predicted octanol–water partition coefficient (Wildman–Crippen LogP) is 1.13. The summed E-state index contributed by atoms with van der Waals surface area (Å²) in [6.07, 6.45) is 1.23. The zero-order valence-corrected chi connectivity index (χ0v) is 19.9. The van der Waals surface area contributed by atoms with Crippen LogP contribution in [0, 0.1) is 17.7 Å². The Balaban J connectivity index is 1.83. The molecule has 0 aromatic heterocycles. The lowest BCUT2D eigenvalue weighted by Crippen LogP contribution is -2.63. The van der Waals surface area contributed by atoms with Crippen LogP contribution in [0.25, 0.3) is 0 Å². The van der Waals surface area contributed by atoms with E-state index < -0.39 is 53.6 Å². The number of nitrogens with one attached hydrogen (secondary N) is 2. The predicted molar refractivity (Wildman–Crippen MR) is 121 cm³/mol. The van der Waals surface area contributed by atoms with Crippen molar-refractivity contribution in [2.75, 3.05) is 13.7 Å². The largest absolute Gasteiger partial charge is 0.494 e. The molecule has 2 aliphatic rings. The van der Waals surface area contributed by atoms with E-state index in [-0.39, 0.29) is 23.1 Å². The number of piperidine rings is 1.